The number of hydrogen-bond donors (Lipinski definition) is 1. The highest BCUT2D eigenvalue weighted by atomic mass is 35.5. The van der Waals surface area contributed by atoms with Gasteiger partial charge < -0.3 is 5.32 Å². The molecule has 0 saturated carbocycles. The van der Waals surface area contributed by atoms with Crippen LogP contribution in [0.25, 0.3) is 0 Å². The third-order valence-corrected chi connectivity index (χ3v) is 2.65. The molecule has 1 aromatic heterocycles. The Morgan fingerprint density at radius 2 is 1.83 bits per heavy atom. The largest absolute Gasteiger partial charge is 0.363 e. The number of hydrogen-bond acceptors (Lipinski definition) is 4. The molecule has 0 spiro atoms. The molecule has 0 aromatic carbocycles. The summed E-state index contributed by atoms with van der Waals surface area (Å²) >= 11 is 1.61. The van der Waals surface area contributed by atoms with Crippen molar-refractivity contribution >= 4 is 28.9 Å². The van der Waals surface area contributed by atoms with Crippen molar-refractivity contribution in [2.75, 3.05) is 12.4 Å². The van der Waals surface area contributed by atoms with E-state index in [1.165, 1.54) is 0 Å². The average Bonchev–Trinajstić information content (AvgIpc) is 2.32. The Kier molecular flexibility index (Phi) is 3.93. The number of anilines is 1. The van der Waals surface area contributed by atoms with Crippen molar-refractivity contribution in [2.24, 2.45) is 0 Å². The first-order chi connectivity index (χ1) is 5.04. The van der Waals surface area contributed by atoms with Crippen LogP contribution in [0.2, 0.25) is 0 Å². The molecule has 0 aliphatic carbocycles. The van der Waals surface area contributed by atoms with E-state index in [0.29, 0.717) is 0 Å². The molecule has 0 atom stereocenters. The Hall–Kier alpha value is -0.350. The lowest BCUT2D eigenvalue weighted by molar-refractivity contribution is 0.578. The molecule has 1 N–H and O–H groups in total. The van der Waals surface area contributed by atoms with Crippen LogP contribution in [-0.4, -0.2) is 17.2 Å². The molecule has 0 amide bonds. The molecule has 0 aliphatic heterocycles. The van der Waals surface area contributed by atoms with E-state index in [1.54, 1.807) is 11.3 Å². The lowest BCUT2D eigenvalue weighted by Gasteiger charge is -2.12. The Balaban J connectivity index is 0.00000121. The minimum Gasteiger partial charge on any atom is -0.363 e. The van der Waals surface area contributed by atoms with Gasteiger partial charge in [-0.15, -0.1) is 22.6 Å². The zero-order valence-electron chi connectivity index (χ0n) is 7.71. The Labute approximate surface area is 83.0 Å². The third-order valence-electron chi connectivity index (χ3n) is 1.28. The van der Waals surface area contributed by atoms with Crippen LogP contribution in [0.4, 0.5) is 5.13 Å². The number of nitrogens with zero attached hydrogens (tertiary/aromatic N) is 2. The van der Waals surface area contributed by atoms with Crippen molar-refractivity contribution in [1.82, 2.24) is 10.2 Å². The molecule has 5 heteroatoms. The highest BCUT2D eigenvalue weighted by molar-refractivity contribution is 7.15. The van der Waals surface area contributed by atoms with E-state index in [9.17, 15) is 0 Å². The Morgan fingerprint density at radius 3 is 2.08 bits per heavy atom. The first-order valence-corrected chi connectivity index (χ1v) is 4.37. The van der Waals surface area contributed by atoms with E-state index in [-0.39, 0.29) is 17.8 Å². The van der Waals surface area contributed by atoms with Gasteiger partial charge in [-0.25, -0.2) is 0 Å². The van der Waals surface area contributed by atoms with Gasteiger partial charge in [0.2, 0.25) is 5.13 Å². The molecule has 1 rings (SSSR count). The zero-order chi connectivity index (χ0) is 8.48. The maximum absolute atomic E-state index is 4.06. The van der Waals surface area contributed by atoms with Crippen LogP contribution in [0.5, 0.6) is 0 Å². The van der Waals surface area contributed by atoms with Crippen LogP contribution in [0, 0.1) is 0 Å². The summed E-state index contributed by atoms with van der Waals surface area (Å²) in [4.78, 5) is 0. The summed E-state index contributed by atoms with van der Waals surface area (Å²) < 4.78 is 0. The van der Waals surface area contributed by atoms with Gasteiger partial charge in [0.05, 0.1) is 0 Å². The SMILES string of the molecule is CNc1nnc(C(C)(C)C)s1.Cl. The minimum atomic E-state index is 0. The molecule has 0 fully saturated rings. The molecule has 70 valence electrons. The summed E-state index contributed by atoms with van der Waals surface area (Å²) in [6.07, 6.45) is 0. The summed E-state index contributed by atoms with van der Waals surface area (Å²) in [5, 5.41) is 12.9. The van der Waals surface area contributed by atoms with Gasteiger partial charge in [-0.1, -0.05) is 32.1 Å². The van der Waals surface area contributed by atoms with Gasteiger partial charge in [0.25, 0.3) is 0 Å². The summed E-state index contributed by atoms with van der Waals surface area (Å²) in [5.41, 5.74) is 0.118. The van der Waals surface area contributed by atoms with Crippen molar-refractivity contribution in [1.29, 1.82) is 0 Å². The fraction of sp³-hybridized carbons (Fsp3) is 0.714. The fourth-order valence-electron chi connectivity index (χ4n) is 0.627. The van der Waals surface area contributed by atoms with E-state index < -0.39 is 0 Å². The first-order valence-electron chi connectivity index (χ1n) is 3.56. The fourth-order valence-corrected chi connectivity index (χ4v) is 1.38. The molecular weight excluding hydrogens is 194 g/mol. The van der Waals surface area contributed by atoms with Crippen LogP contribution in [0.3, 0.4) is 0 Å². The average molecular weight is 208 g/mol. The molecule has 0 aliphatic rings. The molecule has 3 nitrogen and oxygen atoms in total. The maximum Gasteiger partial charge on any atom is 0.205 e. The summed E-state index contributed by atoms with van der Waals surface area (Å²) in [6, 6.07) is 0. The highest BCUT2D eigenvalue weighted by Crippen LogP contribution is 2.27. The van der Waals surface area contributed by atoms with Crippen LogP contribution >= 0.6 is 23.7 Å². The van der Waals surface area contributed by atoms with E-state index in [0.717, 1.165) is 10.1 Å². The summed E-state index contributed by atoms with van der Waals surface area (Å²) in [6.45, 7) is 6.40. The smallest absolute Gasteiger partial charge is 0.205 e. The minimum absolute atomic E-state index is 0. The number of aromatic nitrogens is 2. The predicted octanol–water partition coefficient (Wildman–Crippen LogP) is 2.30. The van der Waals surface area contributed by atoms with E-state index in [2.05, 4.69) is 36.3 Å². The molecule has 0 saturated heterocycles. The molecule has 0 radical (unpaired) electrons. The molecule has 1 aromatic rings. The van der Waals surface area contributed by atoms with Gasteiger partial charge in [0.1, 0.15) is 5.01 Å². The van der Waals surface area contributed by atoms with Crippen LogP contribution in [-0.2, 0) is 5.41 Å². The monoisotopic (exact) mass is 207 g/mol. The van der Waals surface area contributed by atoms with Crippen molar-refractivity contribution in [2.45, 2.75) is 26.2 Å². The second-order valence-corrected chi connectivity index (χ2v) is 4.39. The summed E-state index contributed by atoms with van der Waals surface area (Å²) in [5.74, 6) is 0. The van der Waals surface area contributed by atoms with Gasteiger partial charge in [-0.3, -0.25) is 0 Å². The van der Waals surface area contributed by atoms with Crippen molar-refractivity contribution in [3.63, 3.8) is 0 Å². The van der Waals surface area contributed by atoms with Crippen molar-refractivity contribution in [3.05, 3.63) is 5.01 Å². The maximum atomic E-state index is 4.06. The molecular formula is C7H14ClN3S. The number of halogens is 1. The van der Waals surface area contributed by atoms with Gasteiger partial charge in [-0.05, 0) is 0 Å². The van der Waals surface area contributed by atoms with Crippen molar-refractivity contribution in [3.8, 4) is 0 Å². The molecule has 0 bridgehead atoms. The molecule has 0 unspecified atom stereocenters. The van der Waals surface area contributed by atoms with Crippen molar-refractivity contribution < 1.29 is 0 Å². The van der Waals surface area contributed by atoms with E-state index in [4.69, 9.17) is 0 Å². The van der Waals surface area contributed by atoms with Gasteiger partial charge in [0.15, 0.2) is 0 Å². The second-order valence-electron chi connectivity index (χ2n) is 3.41. The topological polar surface area (TPSA) is 37.8 Å². The van der Waals surface area contributed by atoms with E-state index >= 15 is 0 Å². The second kappa shape index (κ2) is 4.05. The quantitative estimate of drug-likeness (QED) is 0.768. The van der Waals surface area contributed by atoms with Crippen LogP contribution < -0.4 is 5.32 Å². The van der Waals surface area contributed by atoms with E-state index in [1.807, 2.05) is 7.05 Å². The lowest BCUT2D eigenvalue weighted by atomic mass is 9.98. The van der Waals surface area contributed by atoms with Gasteiger partial charge >= 0.3 is 0 Å². The normalized spacial score (nSPS) is 10.7. The van der Waals surface area contributed by atoms with Gasteiger partial charge in [-0.2, -0.15) is 0 Å². The number of nitrogens with one attached hydrogen (secondary N) is 1. The zero-order valence-corrected chi connectivity index (χ0v) is 9.34. The van der Waals surface area contributed by atoms with Crippen LogP contribution in [0.15, 0.2) is 0 Å². The summed E-state index contributed by atoms with van der Waals surface area (Å²) in [7, 11) is 1.85. The molecule has 1 heterocycles. The van der Waals surface area contributed by atoms with Gasteiger partial charge in [0, 0.05) is 12.5 Å². The highest BCUT2D eigenvalue weighted by Gasteiger charge is 2.18. The van der Waals surface area contributed by atoms with Crippen LogP contribution in [0.1, 0.15) is 25.8 Å². The third kappa shape index (κ3) is 2.60. The Bertz CT molecular complexity index is 241. The predicted molar refractivity (Wildman–Crippen MR) is 55.4 cm³/mol. The lowest BCUT2D eigenvalue weighted by Crippen LogP contribution is -2.10. The first kappa shape index (κ1) is 11.6. The Morgan fingerprint density at radius 1 is 1.25 bits per heavy atom. The molecule has 12 heavy (non-hydrogen) atoms. The number of rotatable bonds is 1. The standard InChI is InChI=1S/C7H13N3S.ClH/c1-7(2,3)5-9-10-6(8-4)11-5;/h1-4H3,(H,8,10);1H.